The highest BCUT2D eigenvalue weighted by Gasteiger charge is 2.33. The van der Waals surface area contributed by atoms with Gasteiger partial charge in [-0.05, 0) is 55.3 Å². The Bertz CT molecular complexity index is 1500. The summed E-state index contributed by atoms with van der Waals surface area (Å²) in [6, 6.07) is 24.4. The second-order valence-electron chi connectivity index (χ2n) is 9.05. The maximum atomic E-state index is 13.4. The van der Waals surface area contributed by atoms with Crippen LogP contribution in [-0.2, 0) is 9.53 Å². The number of nitrogens with zero attached hydrogens (tertiary/aromatic N) is 3. The molecule has 0 spiro atoms. The molecule has 7 heteroatoms. The molecular weight excluding hydrogens is 466 g/mol. The van der Waals surface area contributed by atoms with Crippen molar-refractivity contribution in [1.82, 2.24) is 9.99 Å². The van der Waals surface area contributed by atoms with Gasteiger partial charge in [-0.25, -0.2) is 9.80 Å². The van der Waals surface area contributed by atoms with Crippen molar-refractivity contribution in [2.45, 2.75) is 26.3 Å². The molecule has 1 amide bonds. The number of carbonyl (C=O) groups is 2. The summed E-state index contributed by atoms with van der Waals surface area (Å²) in [5.41, 5.74) is 5.47. The molecule has 0 saturated heterocycles. The first-order chi connectivity index (χ1) is 17.9. The number of pyridine rings is 1. The number of benzene rings is 3. The summed E-state index contributed by atoms with van der Waals surface area (Å²) in [6.07, 6.45) is 0.545. The topological polar surface area (TPSA) is 81.1 Å². The molecule has 186 valence electrons. The van der Waals surface area contributed by atoms with Crippen molar-refractivity contribution in [3.05, 3.63) is 107 Å². The zero-order chi connectivity index (χ0) is 25.9. The number of amides is 1. The van der Waals surface area contributed by atoms with Crippen LogP contribution in [0.5, 0.6) is 5.75 Å². The number of esters is 1. The van der Waals surface area contributed by atoms with E-state index in [1.807, 2.05) is 86.6 Å². The molecule has 0 bridgehead atoms. The third-order valence-electron chi connectivity index (χ3n) is 6.41. The number of methoxy groups -OCH3 is 1. The standard InChI is InChI=1S/C30H27N3O4/c1-19-9-14-26-24(15-19)25(16-20(2)31-26)30(35)37-18-29(34)33-28(22-10-12-23(36-3)13-11-22)17-27(32-33)21-7-5-4-6-8-21/h4-16,28H,17-18H2,1-3H3/t28-/m1/s1. The van der Waals surface area contributed by atoms with E-state index in [1.54, 1.807) is 13.2 Å². The molecule has 1 aliphatic rings. The Labute approximate surface area is 215 Å². The van der Waals surface area contributed by atoms with E-state index in [-0.39, 0.29) is 6.04 Å². The molecule has 5 rings (SSSR count). The molecule has 0 aliphatic carbocycles. The number of hydrazone groups is 1. The van der Waals surface area contributed by atoms with E-state index in [0.29, 0.717) is 28.6 Å². The van der Waals surface area contributed by atoms with Crippen molar-refractivity contribution in [3.63, 3.8) is 0 Å². The van der Waals surface area contributed by atoms with Gasteiger partial charge >= 0.3 is 5.97 Å². The van der Waals surface area contributed by atoms with E-state index in [9.17, 15) is 9.59 Å². The number of rotatable bonds is 6. The highest BCUT2D eigenvalue weighted by Crippen LogP contribution is 2.33. The molecule has 1 aliphatic heterocycles. The normalized spacial score (nSPS) is 14.9. The minimum Gasteiger partial charge on any atom is -0.497 e. The molecule has 1 aromatic heterocycles. The van der Waals surface area contributed by atoms with Crippen LogP contribution in [0.3, 0.4) is 0 Å². The number of aromatic nitrogens is 1. The number of fused-ring (bicyclic) bond motifs is 1. The quantitative estimate of drug-likeness (QED) is 0.336. The predicted molar refractivity (Wildman–Crippen MR) is 142 cm³/mol. The van der Waals surface area contributed by atoms with Crippen molar-refractivity contribution >= 4 is 28.5 Å². The Morgan fingerprint density at radius 1 is 0.973 bits per heavy atom. The van der Waals surface area contributed by atoms with Gasteiger partial charge in [0, 0.05) is 17.5 Å². The Morgan fingerprint density at radius 2 is 1.73 bits per heavy atom. The number of ether oxygens (including phenoxy) is 2. The van der Waals surface area contributed by atoms with Crippen LogP contribution in [0.1, 0.15) is 45.2 Å². The Balaban J connectivity index is 1.39. The fourth-order valence-corrected chi connectivity index (χ4v) is 4.54. The van der Waals surface area contributed by atoms with Crippen LogP contribution in [0.2, 0.25) is 0 Å². The molecule has 7 nitrogen and oxygen atoms in total. The monoisotopic (exact) mass is 493 g/mol. The Morgan fingerprint density at radius 3 is 2.46 bits per heavy atom. The summed E-state index contributed by atoms with van der Waals surface area (Å²) in [6.45, 7) is 3.35. The fourth-order valence-electron chi connectivity index (χ4n) is 4.54. The summed E-state index contributed by atoms with van der Waals surface area (Å²) >= 11 is 0. The lowest BCUT2D eigenvalue weighted by Crippen LogP contribution is -2.31. The lowest BCUT2D eigenvalue weighted by atomic mass is 9.98. The van der Waals surface area contributed by atoms with Crippen LogP contribution in [0.25, 0.3) is 10.9 Å². The summed E-state index contributed by atoms with van der Waals surface area (Å²) in [5, 5.41) is 6.78. The third-order valence-corrected chi connectivity index (χ3v) is 6.41. The van der Waals surface area contributed by atoms with Gasteiger partial charge in [-0.1, -0.05) is 54.1 Å². The smallest absolute Gasteiger partial charge is 0.339 e. The highest BCUT2D eigenvalue weighted by molar-refractivity contribution is 6.05. The maximum absolute atomic E-state index is 13.4. The molecule has 4 aromatic rings. The molecule has 2 heterocycles. The fraction of sp³-hybridized carbons (Fsp3) is 0.200. The molecule has 1 atom stereocenters. The van der Waals surface area contributed by atoms with Crippen LogP contribution < -0.4 is 4.74 Å². The highest BCUT2D eigenvalue weighted by atomic mass is 16.5. The zero-order valence-electron chi connectivity index (χ0n) is 21.0. The second kappa shape index (κ2) is 10.2. The van der Waals surface area contributed by atoms with Gasteiger partial charge in [0.15, 0.2) is 6.61 Å². The molecule has 37 heavy (non-hydrogen) atoms. The Kier molecular flexibility index (Phi) is 6.68. The SMILES string of the molecule is COc1ccc([C@H]2CC(c3ccccc3)=NN2C(=O)COC(=O)c2cc(C)nc3ccc(C)cc23)cc1. The minimum atomic E-state index is -0.568. The molecule has 0 N–H and O–H groups in total. The molecule has 3 aromatic carbocycles. The van der Waals surface area contributed by atoms with E-state index < -0.39 is 18.5 Å². The third kappa shape index (κ3) is 5.07. The summed E-state index contributed by atoms with van der Waals surface area (Å²) in [7, 11) is 1.61. The predicted octanol–water partition coefficient (Wildman–Crippen LogP) is 5.39. The number of hydrogen-bond acceptors (Lipinski definition) is 6. The van der Waals surface area contributed by atoms with Gasteiger partial charge in [0.05, 0.1) is 29.9 Å². The van der Waals surface area contributed by atoms with Crippen molar-refractivity contribution in [2.75, 3.05) is 13.7 Å². The van der Waals surface area contributed by atoms with Crippen LogP contribution in [0.15, 0.2) is 84.0 Å². The average molecular weight is 494 g/mol. The zero-order valence-corrected chi connectivity index (χ0v) is 21.0. The first kappa shape index (κ1) is 24.2. The number of hydrogen-bond donors (Lipinski definition) is 0. The van der Waals surface area contributed by atoms with Gasteiger partial charge in [-0.3, -0.25) is 9.78 Å². The number of aryl methyl sites for hydroxylation is 2. The first-order valence-electron chi connectivity index (χ1n) is 12.1. The Hall–Kier alpha value is -4.52. The lowest BCUT2D eigenvalue weighted by molar-refractivity contribution is -0.136. The maximum Gasteiger partial charge on any atom is 0.339 e. The van der Waals surface area contributed by atoms with Crippen LogP contribution in [0, 0.1) is 13.8 Å². The van der Waals surface area contributed by atoms with Crippen LogP contribution in [0.4, 0.5) is 0 Å². The van der Waals surface area contributed by atoms with E-state index in [1.165, 1.54) is 5.01 Å². The van der Waals surface area contributed by atoms with Gasteiger partial charge in [0.25, 0.3) is 5.91 Å². The van der Waals surface area contributed by atoms with Gasteiger partial charge in [-0.15, -0.1) is 0 Å². The summed E-state index contributed by atoms with van der Waals surface area (Å²) in [5.74, 6) is -0.235. The van der Waals surface area contributed by atoms with E-state index in [4.69, 9.17) is 9.47 Å². The molecule has 0 unspecified atom stereocenters. The minimum absolute atomic E-state index is 0.320. The largest absolute Gasteiger partial charge is 0.497 e. The van der Waals surface area contributed by atoms with Crippen molar-refractivity contribution in [2.24, 2.45) is 5.10 Å². The van der Waals surface area contributed by atoms with E-state index in [2.05, 4.69) is 10.1 Å². The molecule has 0 saturated carbocycles. The molecule has 0 radical (unpaired) electrons. The van der Waals surface area contributed by atoms with Gasteiger partial charge in [0.1, 0.15) is 5.75 Å². The van der Waals surface area contributed by atoms with Gasteiger partial charge < -0.3 is 9.47 Å². The molecular formula is C30H27N3O4. The summed E-state index contributed by atoms with van der Waals surface area (Å²) < 4.78 is 10.8. The van der Waals surface area contributed by atoms with Gasteiger partial charge in [-0.2, -0.15) is 5.10 Å². The van der Waals surface area contributed by atoms with Crippen molar-refractivity contribution < 1.29 is 19.1 Å². The summed E-state index contributed by atoms with van der Waals surface area (Å²) in [4.78, 5) is 30.9. The van der Waals surface area contributed by atoms with E-state index >= 15 is 0 Å². The van der Waals surface area contributed by atoms with Crippen molar-refractivity contribution in [1.29, 1.82) is 0 Å². The first-order valence-corrected chi connectivity index (χ1v) is 12.1. The van der Waals surface area contributed by atoms with Crippen LogP contribution >= 0.6 is 0 Å². The number of carbonyl (C=O) groups excluding carboxylic acids is 2. The molecule has 0 fully saturated rings. The van der Waals surface area contributed by atoms with Gasteiger partial charge in [0.2, 0.25) is 0 Å². The average Bonchev–Trinajstić information content (AvgIpc) is 3.37. The van der Waals surface area contributed by atoms with Crippen molar-refractivity contribution in [3.8, 4) is 5.75 Å². The lowest BCUT2D eigenvalue weighted by Gasteiger charge is -2.22. The van der Waals surface area contributed by atoms with E-state index in [0.717, 1.165) is 28.2 Å². The second-order valence-corrected chi connectivity index (χ2v) is 9.05. The van der Waals surface area contributed by atoms with Crippen LogP contribution in [-0.4, -0.2) is 41.3 Å².